The average molecular weight is 499 g/mol. The van der Waals surface area contributed by atoms with Gasteiger partial charge in [-0.1, -0.05) is 45.9 Å². The smallest absolute Gasteiger partial charge is 0.147 e. The van der Waals surface area contributed by atoms with Gasteiger partial charge in [0.15, 0.2) is 0 Å². The Hall–Kier alpha value is -1.68. The number of hydrogen-bond acceptors (Lipinski definition) is 3. The van der Waals surface area contributed by atoms with Crippen molar-refractivity contribution in [1.82, 2.24) is 0 Å². The Bertz CT molecular complexity index is 858. The maximum atomic E-state index is 14.2. The summed E-state index contributed by atoms with van der Waals surface area (Å²) in [5, 5.41) is 0. The third kappa shape index (κ3) is 9.04. The zero-order chi connectivity index (χ0) is 25.2. The fourth-order valence-electron chi connectivity index (χ4n) is 4.90. The van der Waals surface area contributed by atoms with E-state index < -0.39 is 0 Å². The fourth-order valence-corrected chi connectivity index (χ4v) is 5.80. The summed E-state index contributed by atoms with van der Waals surface area (Å²) in [7, 11) is 0. The molecule has 2 heterocycles. The first-order valence-electron chi connectivity index (χ1n) is 13.8. The maximum Gasteiger partial charge on any atom is 0.147 e. The lowest BCUT2D eigenvalue weighted by Gasteiger charge is -2.28. The quantitative estimate of drug-likeness (QED) is 0.362. The van der Waals surface area contributed by atoms with Gasteiger partial charge in [0.05, 0.1) is 5.69 Å². The highest BCUT2D eigenvalue weighted by Crippen LogP contribution is 2.29. The summed E-state index contributed by atoms with van der Waals surface area (Å²) in [5.41, 5.74) is 5.95. The lowest BCUT2D eigenvalue weighted by Crippen LogP contribution is -2.32. The van der Waals surface area contributed by atoms with E-state index in [0.29, 0.717) is 5.92 Å². The summed E-state index contributed by atoms with van der Waals surface area (Å²) >= 11 is 2.07. The zero-order valence-electron chi connectivity index (χ0n) is 22.8. The van der Waals surface area contributed by atoms with Gasteiger partial charge in [-0.2, -0.15) is 11.8 Å². The Morgan fingerprint density at radius 2 is 1.34 bits per heavy atom. The van der Waals surface area contributed by atoms with Crippen LogP contribution < -0.4 is 9.80 Å². The molecule has 2 nitrogen and oxygen atoms in total. The number of benzene rings is 2. The molecule has 0 amide bonds. The van der Waals surface area contributed by atoms with Crippen LogP contribution in [0.25, 0.3) is 0 Å². The number of anilines is 2. The minimum atomic E-state index is -0.0318. The van der Waals surface area contributed by atoms with Gasteiger partial charge < -0.3 is 9.80 Å². The number of thioether (sulfide) groups is 1. The molecule has 35 heavy (non-hydrogen) atoms. The molecule has 2 fully saturated rings. The number of rotatable bonds is 8. The largest absolute Gasteiger partial charge is 0.370 e. The van der Waals surface area contributed by atoms with Crippen LogP contribution in [0.3, 0.4) is 0 Å². The predicted octanol–water partition coefficient (Wildman–Crippen LogP) is 8.15. The Balaban J connectivity index is 0.000000196. The lowest BCUT2D eigenvalue weighted by molar-refractivity contribution is 0.580. The van der Waals surface area contributed by atoms with E-state index in [9.17, 15) is 4.39 Å². The number of hydrogen-bond donors (Lipinski definition) is 0. The minimum absolute atomic E-state index is 0.0318. The zero-order valence-corrected chi connectivity index (χ0v) is 23.6. The van der Waals surface area contributed by atoms with Crippen molar-refractivity contribution < 1.29 is 4.39 Å². The fraction of sp³-hybridized carbons (Fsp3) is 0.613. The van der Waals surface area contributed by atoms with Gasteiger partial charge in [-0.3, -0.25) is 0 Å². The third-order valence-corrected chi connectivity index (χ3v) is 8.01. The van der Waals surface area contributed by atoms with E-state index >= 15 is 0 Å². The Labute approximate surface area is 218 Å². The van der Waals surface area contributed by atoms with Crippen molar-refractivity contribution in [3.8, 4) is 0 Å². The van der Waals surface area contributed by atoms with E-state index in [2.05, 4.69) is 79.6 Å². The van der Waals surface area contributed by atoms with Gasteiger partial charge in [0.25, 0.3) is 0 Å². The first-order chi connectivity index (χ1) is 16.8. The van der Waals surface area contributed by atoms with Crippen LogP contribution in [0, 0.1) is 24.6 Å². The molecule has 2 aromatic rings. The highest BCUT2D eigenvalue weighted by molar-refractivity contribution is 7.99. The molecule has 2 aliphatic heterocycles. The van der Waals surface area contributed by atoms with Gasteiger partial charge in [-0.15, -0.1) is 0 Å². The van der Waals surface area contributed by atoms with E-state index in [1.807, 2.05) is 6.92 Å². The van der Waals surface area contributed by atoms with Crippen LogP contribution in [-0.2, 0) is 12.8 Å². The Morgan fingerprint density at radius 1 is 0.771 bits per heavy atom. The van der Waals surface area contributed by atoms with Crippen LogP contribution in [0.4, 0.5) is 15.8 Å². The monoisotopic (exact) mass is 498 g/mol. The van der Waals surface area contributed by atoms with Gasteiger partial charge >= 0.3 is 0 Å². The third-order valence-electron chi connectivity index (χ3n) is 7.07. The van der Waals surface area contributed by atoms with Crippen molar-refractivity contribution in [3.63, 3.8) is 0 Å². The van der Waals surface area contributed by atoms with Crippen LogP contribution in [0.15, 0.2) is 36.4 Å². The molecule has 0 unspecified atom stereocenters. The number of nitrogens with zero attached hydrogens (tertiary/aromatic N) is 2. The number of halogens is 1. The highest BCUT2D eigenvalue weighted by atomic mass is 32.2. The van der Waals surface area contributed by atoms with Crippen molar-refractivity contribution in [2.75, 3.05) is 47.5 Å². The summed E-state index contributed by atoms with van der Waals surface area (Å²) < 4.78 is 14.2. The summed E-state index contributed by atoms with van der Waals surface area (Å²) in [4.78, 5) is 4.69. The SMILES string of the molecule is CC(C)CCc1ccc(N2CCSCC2)cc1.Cc1cc(CCC(C)C)cc(F)c1N1CCCC1. The predicted molar refractivity (Wildman–Crippen MR) is 155 cm³/mol. The summed E-state index contributed by atoms with van der Waals surface area (Å²) in [6, 6.07) is 13.1. The normalized spacial score (nSPS) is 16.1. The molecule has 0 radical (unpaired) electrons. The summed E-state index contributed by atoms with van der Waals surface area (Å²) in [6.07, 6.45) is 6.99. The molecule has 0 saturated carbocycles. The molecule has 0 bridgehead atoms. The molecule has 4 rings (SSSR count). The second kappa shape index (κ2) is 14.2. The minimum Gasteiger partial charge on any atom is -0.370 e. The van der Waals surface area contributed by atoms with Crippen LogP contribution >= 0.6 is 11.8 Å². The molecule has 2 aliphatic rings. The second-order valence-corrected chi connectivity index (χ2v) is 12.3. The van der Waals surface area contributed by atoms with Crippen molar-refractivity contribution in [1.29, 1.82) is 0 Å². The highest BCUT2D eigenvalue weighted by Gasteiger charge is 2.19. The van der Waals surface area contributed by atoms with E-state index in [0.717, 1.165) is 48.7 Å². The van der Waals surface area contributed by atoms with Crippen molar-refractivity contribution in [3.05, 3.63) is 58.9 Å². The van der Waals surface area contributed by atoms with Crippen LogP contribution in [0.5, 0.6) is 0 Å². The topological polar surface area (TPSA) is 6.48 Å². The average Bonchev–Trinajstić information content (AvgIpc) is 3.37. The molecule has 0 aliphatic carbocycles. The second-order valence-electron chi connectivity index (χ2n) is 11.1. The van der Waals surface area contributed by atoms with E-state index in [1.165, 1.54) is 61.5 Å². The van der Waals surface area contributed by atoms with Crippen molar-refractivity contribution in [2.45, 2.75) is 73.1 Å². The van der Waals surface area contributed by atoms with Gasteiger partial charge in [0, 0.05) is 43.4 Å². The van der Waals surface area contributed by atoms with E-state index in [-0.39, 0.29) is 5.82 Å². The molecule has 2 saturated heterocycles. The van der Waals surface area contributed by atoms with Crippen LogP contribution in [0.1, 0.15) is 70.1 Å². The molecule has 0 atom stereocenters. The molecule has 0 N–H and O–H groups in total. The summed E-state index contributed by atoms with van der Waals surface area (Å²) in [6.45, 7) is 15.5. The molecule has 0 spiro atoms. The standard InChI is InChI=1S/C16H24FN.C15H23NS/c1-12(2)6-7-14-10-13(3)16(15(17)11-14)18-8-4-5-9-18;1-13(2)3-4-14-5-7-15(8-6-14)16-9-11-17-12-10-16/h10-12H,4-9H2,1-3H3;5-8,13H,3-4,9-12H2,1-2H3. The van der Waals surface area contributed by atoms with Gasteiger partial charge in [0.2, 0.25) is 0 Å². The van der Waals surface area contributed by atoms with Crippen molar-refractivity contribution >= 4 is 23.1 Å². The Kier molecular flexibility index (Phi) is 11.3. The summed E-state index contributed by atoms with van der Waals surface area (Å²) in [5.74, 6) is 3.99. The molecule has 4 heteroatoms. The molecular weight excluding hydrogens is 451 g/mol. The van der Waals surface area contributed by atoms with Gasteiger partial charge in [-0.25, -0.2) is 4.39 Å². The number of aryl methyl sites for hydroxylation is 3. The molecule has 2 aromatic carbocycles. The van der Waals surface area contributed by atoms with Crippen molar-refractivity contribution in [2.24, 2.45) is 11.8 Å². The van der Waals surface area contributed by atoms with E-state index in [4.69, 9.17) is 0 Å². The van der Waals surface area contributed by atoms with E-state index in [1.54, 1.807) is 6.07 Å². The molecule has 194 valence electrons. The lowest BCUT2D eigenvalue weighted by atomic mass is 10.00. The first-order valence-corrected chi connectivity index (χ1v) is 14.9. The Morgan fingerprint density at radius 3 is 1.89 bits per heavy atom. The molecular formula is C31H47FN2S. The molecule has 0 aromatic heterocycles. The first kappa shape index (κ1) is 27.9. The maximum absolute atomic E-state index is 14.2. The van der Waals surface area contributed by atoms with Gasteiger partial charge in [0.1, 0.15) is 5.82 Å². The van der Waals surface area contributed by atoms with Crippen LogP contribution in [0.2, 0.25) is 0 Å². The van der Waals surface area contributed by atoms with Crippen LogP contribution in [-0.4, -0.2) is 37.7 Å². The van der Waals surface area contributed by atoms with Gasteiger partial charge in [-0.05, 0) is 92.2 Å².